The summed E-state index contributed by atoms with van der Waals surface area (Å²) in [6.45, 7) is 0. The van der Waals surface area contributed by atoms with E-state index in [1.165, 1.54) is 11.5 Å². The Morgan fingerprint density at radius 2 is 2.67 bits per heavy atom. The summed E-state index contributed by atoms with van der Waals surface area (Å²) in [7, 11) is 0. The van der Waals surface area contributed by atoms with Gasteiger partial charge in [-0.05, 0) is 34.1 Å². The zero-order valence-corrected chi connectivity index (χ0v) is 5.73. The van der Waals surface area contributed by atoms with E-state index in [0.29, 0.717) is 0 Å². The van der Waals surface area contributed by atoms with Gasteiger partial charge in [-0.2, -0.15) is 0 Å². The molecule has 0 spiro atoms. The fraction of sp³-hybridized carbons (Fsp3) is 0. The van der Waals surface area contributed by atoms with E-state index in [1.54, 1.807) is 0 Å². The summed E-state index contributed by atoms with van der Waals surface area (Å²) in [5.41, 5.74) is 0. The van der Waals surface area contributed by atoms with Gasteiger partial charge in [0.25, 0.3) is 0 Å². The predicted octanol–water partition coefficient (Wildman–Crippen LogP) is 1.14. The summed E-state index contributed by atoms with van der Waals surface area (Å²) in [4.78, 5) is 0. The van der Waals surface area contributed by atoms with Crippen LogP contribution in [0.15, 0.2) is 5.38 Å². The van der Waals surface area contributed by atoms with Crippen LogP contribution >= 0.6 is 34.1 Å². The van der Waals surface area contributed by atoms with Crippen LogP contribution in [-0.2, 0) is 0 Å². The van der Waals surface area contributed by atoms with Crippen molar-refractivity contribution >= 4 is 34.1 Å². The van der Waals surface area contributed by atoms with Gasteiger partial charge < -0.3 is 0 Å². The molecule has 0 aliphatic carbocycles. The van der Waals surface area contributed by atoms with Gasteiger partial charge in [0.1, 0.15) is 3.70 Å². The van der Waals surface area contributed by atoms with E-state index in [9.17, 15) is 0 Å². The molecule has 0 aliphatic rings. The fourth-order valence-corrected chi connectivity index (χ4v) is 1.06. The monoisotopic (exact) mass is 212 g/mol. The van der Waals surface area contributed by atoms with E-state index >= 15 is 0 Å². The third kappa shape index (κ3) is 0.874. The lowest BCUT2D eigenvalue weighted by atomic mass is 11.0. The van der Waals surface area contributed by atoms with Gasteiger partial charge in [-0.3, -0.25) is 0 Å². The van der Waals surface area contributed by atoms with E-state index in [1.807, 2.05) is 5.38 Å². The Kier molecular flexibility index (Phi) is 1.36. The van der Waals surface area contributed by atoms with Gasteiger partial charge in [-0.25, -0.2) is 0 Å². The Balaban J connectivity index is 3.05. The van der Waals surface area contributed by atoms with E-state index < -0.39 is 0 Å². The zero-order chi connectivity index (χ0) is 4.41. The fourth-order valence-electron chi connectivity index (χ4n) is 0.153. The molecule has 1 aromatic heterocycles. The minimum Gasteiger partial charge on any atom is -0.132 e. The Labute approximate surface area is 52.9 Å². The minimum atomic E-state index is 0.970. The second kappa shape index (κ2) is 1.83. The predicted molar refractivity (Wildman–Crippen MR) is 32.6 cm³/mol. The van der Waals surface area contributed by atoms with Crippen molar-refractivity contribution in [2.45, 2.75) is 0 Å². The molecule has 0 amide bonds. The molecule has 0 unspecified atom stereocenters. The first kappa shape index (κ1) is 4.45. The standard InChI is InChI=1S/C2HIN2S/c3-2-1-6-5-4-2/h1H. The quantitative estimate of drug-likeness (QED) is 0.602. The summed E-state index contributed by atoms with van der Waals surface area (Å²) < 4.78 is 4.58. The normalized spacial score (nSPS) is 8.83. The van der Waals surface area contributed by atoms with Gasteiger partial charge in [-0.15, -0.1) is 5.10 Å². The molecular weight excluding hydrogens is 211 g/mol. The van der Waals surface area contributed by atoms with Crippen molar-refractivity contribution < 1.29 is 0 Å². The van der Waals surface area contributed by atoms with Crippen LogP contribution in [0.5, 0.6) is 0 Å². The molecule has 0 fully saturated rings. The maximum Gasteiger partial charge on any atom is 0.136 e. The topological polar surface area (TPSA) is 25.8 Å². The number of hydrogen-bond acceptors (Lipinski definition) is 3. The van der Waals surface area contributed by atoms with Crippen LogP contribution in [-0.4, -0.2) is 9.59 Å². The lowest BCUT2D eigenvalue weighted by Gasteiger charge is -1.58. The summed E-state index contributed by atoms with van der Waals surface area (Å²) in [5.74, 6) is 0. The van der Waals surface area contributed by atoms with Crippen molar-refractivity contribution in [1.29, 1.82) is 0 Å². The highest BCUT2D eigenvalue weighted by Crippen LogP contribution is 1.98. The van der Waals surface area contributed by atoms with Crippen LogP contribution in [0.2, 0.25) is 0 Å². The minimum absolute atomic E-state index is 0.970. The van der Waals surface area contributed by atoms with Gasteiger partial charge in [0.2, 0.25) is 0 Å². The van der Waals surface area contributed by atoms with Gasteiger partial charge in [-0.1, -0.05) is 4.49 Å². The number of rotatable bonds is 0. The summed E-state index contributed by atoms with van der Waals surface area (Å²) >= 11 is 3.48. The molecule has 1 rings (SSSR count). The lowest BCUT2D eigenvalue weighted by Crippen LogP contribution is -1.63. The third-order valence-electron chi connectivity index (χ3n) is 0.333. The van der Waals surface area contributed by atoms with Crippen molar-refractivity contribution in [3.8, 4) is 0 Å². The molecular formula is C2HIN2S. The maximum atomic E-state index is 3.67. The molecule has 0 radical (unpaired) electrons. The van der Waals surface area contributed by atoms with Crippen LogP contribution in [0.3, 0.4) is 0 Å². The Morgan fingerprint density at radius 3 is 2.83 bits per heavy atom. The molecule has 0 saturated carbocycles. The molecule has 0 saturated heterocycles. The van der Waals surface area contributed by atoms with Crippen molar-refractivity contribution in [3.63, 3.8) is 0 Å². The highest BCUT2D eigenvalue weighted by Gasteiger charge is 1.80. The first-order chi connectivity index (χ1) is 2.89. The van der Waals surface area contributed by atoms with E-state index in [4.69, 9.17) is 0 Å². The largest absolute Gasteiger partial charge is 0.136 e. The average molecular weight is 212 g/mol. The number of hydrogen-bond donors (Lipinski definition) is 0. The van der Waals surface area contributed by atoms with Crippen molar-refractivity contribution in [2.24, 2.45) is 0 Å². The molecule has 0 atom stereocenters. The van der Waals surface area contributed by atoms with Crippen LogP contribution < -0.4 is 0 Å². The molecule has 1 heterocycles. The molecule has 2 nitrogen and oxygen atoms in total. The molecule has 0 N–H and O–H groups in total. The van der Waals surface area contributed by atoms with Crippen LogP contribution in [0.4, 0.5) is 0 Å². The van der Waals surface area contributed by atoms with Crippen molar-refractivity contribution in [1.82, 2.24) is 9.59 Å². The summed E-state index contributed by atoms with van der Waals surface area (Å²) in [5, 5.41) is 5.56. The SMILES string of the molecule is Ic1csnn1. The highest BCUT2D eigenvalue weighted by molar-refractivity contribution is 14.1. The molecule has 4 heteroatoms. The molecule has 1 aromatic rings. The second-order valence-electron chi connectivity index (χ2n) is 0.728. The second-order valence-corrected chi connectivity index (χ2v) is 2.44. The molecule has 6 heavy (non-hydrogen) atoms. The molecule has 0 bridgehead atoms. The van der Waals surface area contributed by atoms with Crippen LogP contribution in [0.25, 0.3) is 0 Å². The van der Waals surface area contributed by atoms with E-state index in [2.05, 4.69) is 32.2 Å². The highest BCUT2D eigenvalue weighted by atomic mass is 127. The number of halogens is 1. The third-order valence-corrected chi connectivity index (χ3v) is 1.79. The number of nitrogens with zero attached hydrogens (tertiary/aromatic N) is 2. The first-order valence-electron chi connectivity index (χ1n) is 1.32. The smallest absolute Gasteiger partial charge is 0.132 e. The van der Waals surface area contributed by atoms with Crippen LogP contribution in [0, 0.1) is 3.70 Å². The zero-order valence-electron chi connectivity index (χ0n) is 2.76. The molecule has 32 valence electrons. The van der Waals surface area contributed by atoms with Crippen molar-refractivity contribution in [2.75, 3.05) is 0 Å². The van der Waals surface area contributed by atoms with E-state index in [-0.39, 0.29) is 0 Å². The van der Waals surface area contributed by atoms with Gasteiger partial charge in [0.15, 0.2) is 0 Å². The molecule has 0 aromatic carbocycles. The number of aromatic nitrogens is 2. The molecule has 0 aliphatic heterocycles. The lowest BCUT2D eigenvalue weighted by molar-refractivity contribution is 1.12. The summed E-state index contributed by atoms with van der Waals surface area (Å²) in [6.07, 6.45) is 0. The summed E-state index contributed by atoms with van der Waals surface area (Å²) in [6, 6.07) is 0. The van der Waals surface area contributed by atoms with Crippen LogP contribution in [0.1, 0.15) is 0 Å². The first-order valence-corrected chi connectivity index (χ1v) is 3.23. The average Bonchev–Trinajstić information content (AvgIpc) is 1.86. The van der Waals surface area contributed by atoms with Crippen molar-refractivity contribution in [3.05, 3.63) is 9.08 Å². The van der Waals surface area contributed by atoms with E-state index in [0.717, 1.165) is 3.70 Å². The van der Waals surface area contributed by atoms with Gasteiger partial charge >= 0.3 is 0 Å². The Morgan fingerprint density at radius 1 is 1.83 bits per heavy atom. The Hall–Kier alpha value is 0.290. The Bertz CT molecular complexity index is 115. The van der Waals surface area contributed by atoms with Gasteiger partial charge in [0.05, 0.1) is 0 Å². The maximum absolute atomic E-state index is 3.67. The van der Waals surface area contributed by atoms with Gasteiger partial charge in [0, 0.05) is 5.38 Å².